The number of nitrogens with one attached hydrogen (secondary N) is 1. The van der Waals surface area contributed by atoms with Crippen molar-refractivity contribution in [3.63, 3.8) is 0 Å². The predicted octanol–water partition coefficient (Wildman–Crippen LogP) is 4.47. The van der Waals surface area contributed by atoms with E-state index in [0.29, 0.717) is 6.04 Å². The highest BCUT2D eigenvalue weighted by Gasteiger charge is 2.15. The fourth-order valence-electron chi connectivity index (χ4n) is 2.49. The first kappa shape index (κ1) is 14.0. The summed E-state index contributed by atoms with van der Waals surface area (Å²) in [5, 5.41) is 3.52. The Morgan fingerprint density at radius 1 is 1.22 bits per heavy atom. The maximum Gasteiger partial charge on any atom is 0.0218 e. The van der Waals surface area contributed by atoms with E-state index >= 15 is 0 Å². The van der Waals surface area contributed by atoms with Crippen molar-refractivity contribution in [3.05, 3.63) is 29.8 Å². The minimum Gasteiger partial charge on any atom is -0.310 e. The molecule has 1 aromatic rings. The summed E-state index contributed by atoms with van der Waals surface area (Å²) in [6, 6.07) is 9.40. The second-order valence-corrected chi connectivity index (χ2v) is 6.67. The Kier molecular flexibility index (Phi) is 5.58. The van der Waals surface area contributed by atoms with Gasteiger partial charge < -0.3 is 5.32 Å². The van der Waals surface area contributed by atoms with Gasteiger partial charge in [0.05, 0.1) is 0 Å². The van der Waals surface area contributed by atoms with Gasteiger partial charge in [0.1, 0.15) is 0 Å². The Bertz CT molecular complexity index is 356. The summed E-state index contributed by atoms with van der Waals surface area (Å²) in [7, 11) is 0. The van der Waals surface area contributed by atoms with E-state index in [4.69, 9.17) is 0 Å². The lowest BCUT2D eigenvalue weighted by Crippen LogP contribution is -2.22. The second kappa shape index (κ2) is 7.20. The van der Waals surface area contributed by atoms with Gasteiger partial charge >= 0.3 is 0 Å². The molecule has 0 heterocycles. The van der Waals surface area contributed by atoms with Gasteiger partial charge in [-0.05, 0) is 30.4 Å². The quantitative estimate of drug-likeness (QED) is 0.760. The second-order valence-electron chi connectivity index (χ2n) is 5.60. The Labute approximate surface area is 116 Å². The highest BCUT2D eigenvalue weighted by atomic mass is 32.2. The fraction of sp³-hybridized carbons (Fsp3) is 0.625. The van der Waals surface area contributed by atoms with Crippen molar-refractivity contribution in [1.82, 2.24) is 5.32 Å². The highest BCUT2D eigenvalue weighted by molar-refractivity contribution is 7.99. The topological polar surface area (TPSA) is 12.0 Å². The number of thioether (sulfide) groups is 1. The first-order valence-corrected chi connectivity index (χ1v) is 8.18. The Balaban J connectivity index is 1.89. The molecule has 0 atom stereocenters. The van der Waals surface area contributed by atoms with E-state index in [0.717, 1.165) is 12.5 Å². The fourth-order valence-corrected chi connectivity index (χ4v) is 3.74. The lowest BCUT2D eigenvalue weighted by molar-refractivity contribution is 0.584. The van der Waals surface area contributed by atoms with Crippen molar-refractivity contribution >= 4 is 11.8 Å². The Hall–Kier alpha value is -0.470. The third-order valence-corrected chi connectivity index (χ3v) is 4.97. The predicted molar refractivity (Wildman–Crippen MR) is 81.1 cm³/mol. The summed E-state index contributed by atoms with van der Waals surface area (Å²) in [6.07, 6.45) is 5.78. The smallest absolute Gasteiger partial charge is 0.0218 e. The molecule has 1 nitrogen and oxygen atoms in total. The summed E-state index contributed by atoms with van der Waals surface area (Å²) in [5.74, 6) is 2.26. The van der Waals surface area contributed by atoms with Crippen molar-refractivity contribution in [2.24, 2.45) is 5.92 Å². The molecule has 0 saturated heterocycles. The van der Waals surface area contributed by atoms with Gasteiger partial charge in [-0.15, -0.1) is 11.8 Å². The molecule has 1 aliphatic rings. The molecule has 1 aliphatic carbocycles. The summed E-state index contributed by atoms with van der Waals surface area (Å²) in [4.78, 5) is 1.47. The third-order valence-electron chi connectivity index (χ3n) is 3.62. The summed E-state index contributed by atoms with van der Waals surface area (Å²) in [6.45, 7) is 5.40. The molecule has 18 heavy (non-hydrogen) atoms. The number of rotatable bonds is 6. The van der Waals surface area contributed by atoms with Crippen LogP contribution in [0.15, 0.2) is 29.2 Å². The van der Waals surface area contributed by atoms with Crippen molar-refractivity contribution in [2.45, 2.75) is 57.0 Å². The SMILES string of the molecule is CC(C)NCc1ccccc1SCC1CCCC1. The van der Waals surface area contributed by atoms with Gasteiger partial charge in [-0.25, -0.2) is 0 Å². The van der Waals surface area contributed by atoms with Crippen LogP contribution in [-0.2, 0) is 6.54 Å². The van der Waals surface area contributed by atoms with Crippen LogP contribution in [0.1, 0.15) is 45.1 Å². The molecular formula is C16H25NS. The van der Waals surface area contributed by atoms with Crippen molar-refractivity contribution in [2.75, 3.05) is 5.75 Å². The van der Waals surface area contributed by atoms with E-state index in [1.165, 1.54) is 41.9 Å². The van der Waals surface area contributed by atoms with Gasteiger partial charge in [-0.2, -0.15) is 0 Å². The van der Waals surface area contributed by atoms with Gasteiger partial charge in [0.25, 0.3) is 0 Å². The monoisotopic (exact) mass is 263 g/mol. The zero-order valence-corrected chi connectivity index (χ0v) is 12.4. The first-order chi connectivity index (χ1) is 8.75. The van der Waals surface area contributed by atoms with Crippen molar-refractivity contribution in [1.29, 1.82) is 0 Å². The molecule has 0 spiro atoms. The van der Waals surface area contributed by atoms with Crippen LogP contribution in [0, 0.1) is 5.92 Å². The van der Waals surface area contributed by atoms with Crippen LogP contribution in [0.4, 0.5) is 0 Å². The lowest BCUT2D eigenvalue weighted by Gasteiger charge is -2.14. The molecule has 0 aromatic heterocycles. The molecule has 0 radical (unpaired) electrons. The molecular weight excluding hydrogens is 238 g/mol. The van der Waals surface area contributed by atoms with Crippen LogP contribution in [0.5, 0.6) is 0 Å². The average Bonchev–Trinajstić information content (AvgIpc) is 2.88. The molecule has 0 aliphatic heterocycles. The van der Waals surface area contributed by atoms with Crippen LogP contribution < -0.4 is 5.32 Å². The number of benzene rings is 1. The van der Waals surface area contributed by atoms with Crippen LogP contribution in [-0.4, -0.2) is 11.8 Å². The minimum absolute atomic E-state index is 0.554. The summed E-state index contributed by atoms with van der Waals surface area (Å²) in [5.41, 5.74) is 1.45. The molecule has 1 fully saturated rings. The standard InChI is InChI=1S/C16H25NS/c1-13(2)17-11-15-9-5-6-10-16(15)18-12-14-7-3-4-8-14/h5-6,9-10,13-14,17H,3-4,7-8,11-12H2,1-2H3. The van der Waals surface area contributed by atoms with E-state index < -0.39 is 0 Å². The maximum absolute atomic E-state index is 3.52. The number of hydrogen-bond acceptors (Lipinski definition) is 2. The van der Waals surface area contributed by atoms with E-state index in [1.54, 1.807) is 0 Å². The van der Waals surface area contributed by atoms with E-state index in [2.05, 4.69) is 55.2 Å². The summed E-state index contributed by atoms with van der Waals surface area (Å²) < 4.78 is 0. The van der Waals surface area contributed by atoms with E-state index in [1.807, 2.05) is 0 Å². The zero-order valence-electron chi connectivity index (χ0n) is 11.6. The third kappa shape index (κ3) is 4.33. The molecule has 0 amide bonds. The molecule has 1 aromatic carbocycles. The van der Waals surface area contributed by atoms with Crippen LogP contribution in [0.2, 0.25) is 0 Å². The van der Waals surface area contributed by atoms with Gasteiger partial charge in [0, 0.05) is 23.2 Å². The van der Waals surface area contributed by atoms with Gasteiger partial charge in [0.15, 0.2) is 0 Å². The normalized spacial score (nSPS) is 16.6. The van der Waals surface area contributed by atoms with E-state index in [9.17, 15) is 0 Å². The minimum atomic E-state index is 0.554. The molecule has 2 heteroatoms. The van der Waals surface area contributed by atoms with Gasteiger partial charge in [-0.3, -0.25) is 0 Å². The molecule has 0 bridgehead atoms. The molecule has 2 rings (SSSR count). The largest absolute Gasteiger partial charge is 0.310 e. The highest BCUT2D eigenvalue weighted by Crippen LogP contribution is 2.32. The molecule has 1 saturated carbocycles. The zero-order chi connectivity index (χ0) is 12.8. The van der Waals surface area contributed by atoms with Gasteiger partial charge in [0.2, 0.25) is 0 Å². The number of hydrogen-bond donors (Lipinski definition) is 1. The first-order valence-electron chi connectivity index (χ1n) is 7.20. The van der Waals surface area contributed by atoms with Crippen LogP contribution in [0.25, 0.3) is 0 Å². The molecule has 100 valence electrons. The Morgan fingerprint density at radius 3 is 2.67 bits per heavy atom. The van der Waals surface area contributed by atoms with Crippen LogP contribution in [0.3, 0.4) is 0 Å². The van der Waals surface area contributed by atoms with Crippen LogP contribution >= 0.6 is 11.8 Å². The van der Waals surface area contributed by atoms with Gasteiger partial charge in [-0.1, -0.05) is 44.9 Å². The average molecular weight is 263 g/mol. The maximum atomic E-state index is 3.52. The molecule has 0 unspecified atom stereocenters. The van der Waals surface area contributed by atoms with Crippen molar-refractivity contribution < 1.29 is 0 Å². The lowest BCUT2D eigenvalue weighted by atomic mass is 10.1. The van der Waals surface area contributed by atoms with E-state index in [-0.39, 0.29) is 0 Å². The van der Waals surface area contributed by atoms with Crippen molar-refractivity contribution in [3.8, 4) is 0 Å². The Morgan fingerprint density at radius 2 is 1.94 bits per heavy atom. The molecule has 1 N–H and O–H groups in total. The summed E-state index contributed by atoms with van der Waals surface area (Å²) >= 11 is 2.06.